The van der Waals surface area contributed by atoms with E-state index in [0.29, 0.717) is 4.90 Å². The van der Waals surface area contributed by atoms with Crippen LogP contribution in [0.3, 0.4) is 0 Å². The monoisotopic (exact) mass is 245 g/mol. The van der Waals surface area contributed by atoms with Gasteiger partial charge in [0, 0.05) is 0 Å². The van der Waals surface area contributed by atoms with E-state index in [2.05, 4.69) is 4.72 Å². The molecule has 3 nitrogen and oxygen atoms in total. The van der Waals surface area contributed by atoms with E-state index in [-0.39, 0.29) is 6.04 Å². The summed E-state index contributed by atoms with van der Waals surface area (Å²) >= 11 is 0. The minimum atomic E-state index is -3.44. The number of hydrogen-bond acceptors (Lipinski definition) is 2. The first-order chi connectivity index (χ1) is 8.17. The normalized spacial score (nSPS) is 24.5. The van der Waals surface area contributed by atoms with E-state index in [1.165, 1.54) is 0 Å². The average Bonchev–Trinajstić information content (AvgIpc) is 2.42. The Kier molecular flexibility index (Phi) is 2.28. The van der Waals surface area contributed by atoms with Gasteiger partial charge in [-0.15, -0.1) is 0 Å². The van der Waals surface area contributed by atoms with Gasteiger partial charge in [0.25, 0.3) is 0 Å². The van der Waals surface area contributed by atoms with Gasteiger partial charge in [0.1, 0.15) is 0 Å². The van der Waals surface area contributed by atoms with Gasteiger partial charge in [0.05, 0.1) is 10.9 Å². The molecule has 4 heteroatoms. The number of benzene rings is 1. The van der Waals surface area contributed by atoms with Crippen molar-refractivity contribution in [2.24, 2.45) is 0 Å². The van der Waals surface area contributed by atoms with Gasteiger partial charge in [0.2, 0.25) is 10.0 Å². The lowest BCUT2D eigenvalue weighted by molar-refractivity contribution is 0.579. The molecule has 17 heavy (non-hydrogen) atoms. The van der Waals surface area contributed by atoms with Crippen molar-refractivity contribution >= 4 is 16.1 Å². The maximum Gasteiger partial charge on any atom is 0.242 e. The lowest BCUT2D eigenvalue weighted by Gasteiger charge is -2.15. The first-order valence-electron chi connectivity index (χ1n) is 5.35. The van der Waals surface area contributed by atoms with Crippen LogP contribution in [-0.4, -0.2) is 14.5 Å². The smallest absolute Gasteiger partial charge is 0.207 e. The molecule has 0 bridgehead atoms. The molecular weight excluding hydrogens is 234 g/mol. The van der Waals surface area contributed by atoms with Crippen molar-refractivity contribution in [1.29, 1.82) is 0 Å². The van der Waals surface area contributed by atoms with E-state index in [1.54, 1.807) is 12.1 Å². The summed E-state index contributed by atoms with van der Waals surface area (Å²) in [7, 11) is -3.44. The summed E-state index contributed by atoms with van der Waals surface area (Å²) in [5.41, 5.74) is 1.69. The fraction of sp³-hybridized carbons (Fsp3) is 0.0769. The topological polar surface area (TPSA) is 46.2 Å². The van der Waals surface area contributed by atoms with Gasteiger partial charge >= 0.3 is 0 Å². The van der Waals surface area contributed by atoms with E-state index >= 15 is 0 Å². The molecule has 1 N–H and O–H groups in total. The van der Waals surface area contributed by atoms with Crippen molar-refractivity contribution in [2.45, 2.75) is 10.9 Å². The summed E-state index contributed by atoms with van der Waals surface area (Å²) in [6, 6.07) is 6.75. The standard InChI is InChI=1S/C13H11NO2S/c15-17(16)13-8-4-2-6-11(13)9-10-5-1-3-7-12(10)14-17/h1-9,12,14H. The van der Waals surface area contributed by atoms with Gasteiger partial charge in [-0.05, 0) is 23.3 Å². The van der Waals surface area contributed by atoms with Crippen LogP contribution in [0.5, 0.6) is 0 Å². The van der Waals surface area contributed by atoms with Gasteiger partial charge < -0.3 is 0 Å². The fourth-order valence-electron chi connectivity index (χ4n) is 2.06. The van der Waals surface area contributed by atoms with Crippen LogP contribution in [0.25, 0.3) is 6.08 Å². The maximum absolute atomic E-state index is 12.1. The Balaban J connectivity index is 2.25. The highest BCUT2D eigenvalue weighted by Gasteiger charge is 2.26. The van der Waals surface area contributed by atoms with E-state index < -0.39 is 10.0 Å². The van der Waals surface area contributed by atoms with E-state index in [1.807, 2.05) is 42.5 Å². The van der Waals surface area contributed by atoms with Gasteiger partial charge in [-0.2, -0.15) is 4.72 Å². The van der Waals surface area contributed by atoms with Crippen molar-refractivity contribution in [3.63, 3.8) is 0 Å². The van der Waals surface area contributed by atoms with E-state index in [4.69, 9.17) is 0 Å². The van der Waals surface area contributed by atoms with Crippen molar-refractivity contribution in [3.8, 4) is 0 Å². The third-order valence-electron chi connectivity index (χ3n) is 2.88. The Hall–Kier alpha value is -1.65. The van der Waals surface area contributed by atoms with Crippen LogP contribution < -0.4 is 4.72 Å². The molecule has 0 radical (unpaired) electrons. The third kappa shape index (κ3) is 1.75. The van der Waals surface area contributed by atoms with Gasteiger partial charge in [-0.3, -0.25) is 0 Å². The van der Waals surface area contributed by atoms with Crippen LogP contribution >= 0.6 is 0 Å². The molecule has 1 aliphatic heterocycles. The minimum Gasteiger partial charge on any atom is -0.207 e. The van der Waals surface area contributed by atoms with Gasteiger partial charge in [-0.25, -0.2) is 8.42 Å². The fourth-order valence-corrected chi connectivity index (χ4v) is 3.43. The van der Waals surface area contributed by atoms with Crippen LogP contribution in [-0.2, 0) is 10.0 Å². The quantitative estimate of drug-likeness (QED) is 0.758. The maximum atomic E-state index is 12.1. The second-order valence-corrected chi connectivity index (χ2v) is 5.71. The Labute approximate surface area is 100 Å². The van der Waals surface area contributed by atoms with Crippen molar-refractivity contribution in [1.82, 2.24) is 4.72 Å². The molecular formula is C13H11NO2S. The Morgan fingerprint density at radius 3 is 2.82 bits per heavy atom. The Morgan fingerprint density at radius 2 is 1.94 bits per heavy atom. The SMILES string of the molecule is O=S1(=O)NC2C=CC=CC2=Cc2ccccc21. The molecule has 0 amide bonds. The number of allylic oxidation sites excluding steroid dienone is 2. The van der Waals surface area contributed by atoms with Crippen LogP contribution in [0.4, 0.5) is 0 Å². The first kappa shape index (κ1) is 10.5. The lowest BCUT2D eigenvalue weighted by Crippen LogP contribution is -2.33. The number of sulfonamides is 1. The lowest BCUT2D eigenvalue weighted by atomic mass is 10.0. The van der Waals surface area contributed by atoms with Crippen LogP contribution in [0, 0.1) is 0 Å². The van der Waals surface area contributed by atoms with Crippen molar-refractivity contribution in [3.05, 3.63) is 59.7 Å². The molecule has 1 aromatic carbocycles. The van der Waals surface area contributed by atoms with E-state index in [9.17, 15) is 8.42 Å². The molecule has 0 aromatic heterocycles. The molecule has 86 valence electrons. The summed E-state index contributed by atoms with van der Waals surface area (Å²) in [6.07, 6.45) is 9.44. The number of fused-ring (bicyclic) bond motifs is 2. The molecule has 1 heterocycles. The summed E-state index contributed by atoms with van der Waals surface area (Å²) in [5.74, 6) is 0. The molecule has 3 rings (SSSR count). The van der Waals surface area contributed by atoms with Crippen LogP contribution in [0.15, 0.2) is 59.0 Å². The van der Waals surface area contributed by atoms with Crippen molar-refractivity contribution < 1.29 is 8.42 Å². The van der Waals surface area contributed by atoms with Gasteiger partial charge in [-0.1, -0.05) is 42.5 Å². The van der Waals surface area contributed by atoms with Crippen LogP contribution in [0.2, 0.25) is 0 Å². The Bertz CT molecular complexity index is 654. The van der Waals surface area contributed by atoms with Crippen LogP contribution in [0.1, 0.15) is 5.56 Å². The first-order valence-corrected chi connectivity index (χ1v) is 6.83. The molecule has 0 saturated heterocycles. The molecule has 1 aliphatic carbocycles. The minimum absolute atomic E-state index is 0.266. The second kappa shape index (κ2) is 3.68. The molecule has 0 fully saturated rings. The Morgan fingerprint density at radius 1 is 1.12 bits per heavy atom. The highest BCUT2D eigenvalue weighted by Crippen LogP contribution is 2.26. The largest absolute Gasteiger partial charge is 0.242 e. The molecule has 0 spiro atoms. The summed E-state index contributed by atoms with van der Waals surface area (Å²) in [4.78, 5) is 0.337. The summed E-state index contributed by atoms with van der Waals surface area (Å²) in [5, 5.41) is 0. The zero-order valence-electron chi connectivity index (χ0n) is 9.00. The zero-order valence-corrected chi connectivity index (χ0v) is 9.81. The molecule has 1 unspecified atom stereocenters. The summed E-state index contributed by atoms with van der Waals surface area (Å²) < 4.78 is 27.0. The number of hydrogen-bond donors (Lipinski definition) is 1. The number of rotatable bonds is 0. The second-order valence-electron chi connectivity index (χ2n) is 4.03. The van der Waals surface area contributed by atoms with Gasteiger partial charge in [0.15, 0.2) is 0 Å². The summed E-state index contributed by atoms with van der Waals surface area (Å²) in [6.45, 7) is 0. The predicted molar refractivity (Wildman–Crippen MR) is 66.8 cm³/mol. The number of nitrogens with one attached hydrogen (secondary N) is 1. The predicted octanol–water partition coefficient (Wildman–Crippen LogP) is 1.86. The van der Waals surface area contributed by atoms with E-state index in [0.717, 1.165) is 11.1 Å². The molecule has 1 atom stereocenters. The molecule has 1 aromatic rings. The molecule has 2 aliphatic rings. The van der Waals surface area contributed by atoms with Crippen molar-refractivity contribution in [2.75, 3.05) is 0 Å². The molecule has 0 saturated carbocycles. The highest BCUT2D eigenvalue weighted by molar-refractivity contribution is 7.89. The highest BCUT2D eigenvalue weighted by atomic mass is 32.2. The average molecular weight is 245 g/mol. The zero-order chi connectivity index (χ0) is 11.9. The third-order valence-corrected chi connectivity index (χ3v) is 4.39.